The number of anilines is 3. The van der Waals surface area contributed by atoms with Crippen molar-refractivity contribution in [3.05, 3.63) is 112 Å². The molecule has 5 nitrogen and oxygen atoms in total. The van der Waals surface area contributed by atoms with E-state index in [-0.39, 0.29) is 5.97 Å². The molecule has 2 aliphatic rings. The fourth-order valence-electron chi connectivity index (χ4n) is 5.51. The summed E-state index contributed by atoms with van der Waals surface area (Å²) in [4.78, 5) is 17.5. The molecule has 0 saturated heterocycles. The minimum Gasteiger partial charge on any atom is -0.456 e. The van der Waals surface area contributed by atoms with Crippen LogP contribution in [0.25, 0.3) is 0 Å². The molecule has 1 atom stereocenters. The van der Waals surface area contributed by atoms with Gasteiger partial charge in [0.15, 0.2) is 5.60 Å². The number of fused-ring (bicyclic) bond motifs is 6. The molecule has 2 heterocycles. The van der Waals surface area contributed by atoms with E-state index in [0.29, 0.717) is 22.1 Å². The second-order valence-electron chi connectivity index (χ2n) is 9.26. The quantitative estimate of drug-likeness (QED) is 0.260. The molecule has 37 heavy (non-hydrogen) atoms. The topological polar surface area (TPSA) is 42.0 Å². The summed E-state index contributed by atoms with van der Waals surface area (Å²) in [5.41, 5.74) is 4.71. The van der Waals surface area contributed by atoms with E-state index in [9.17, 15) is 4.79 Å². The van der Waals surface area contributed by atoms with Gasteiger partial charge in [0.05, 0.1) is 16.3 Å². The van der Waals surface area contributed by atoms with E-state index in [1.54, 1.807) is 0 Å². The Morgan fingerprint density at radius 3 is 2.30 bits per heavy atom. The Kier molecular flexibility index (Phi) is 5.61. The molecule has 0 amide bonds. The number of ether oxygens (including phenoxy) is 2. The fourth-order valence-corrected chi connectivity index (χ4v) is 5.77. The average molecular weight is 511 g/mol. The van der Waals surface area contributed by atoms with E-state index < -0.39 is 5.60 Å². The molecule has 6 rings (SSSR count). The Bertz CT molecular complexity index is 1530. The van der Waals surface area contributed by atoms with Crippen molar-refractivity contribution in [3.8, 4) is 11.5 Å². The Labute approximate surface area is 221 Å². The molecule has 0 fully saturated rings. The van der Waals surface area contributed by atoms with E-state index in [0.717, 1.165) is 46.8 Å². The molecule has 0 bridgehead atoms. The highest BCUT2D eigenvalue weighted by Gasteiger charge is 2.53. The predicted molar refractivity (Wildman–Crippen MR) is 148 cm³/mol. The van der Waals surface area contributed by atoms with Crippen molar-refractivity contribution in [2.24, 2.45) is 0 Å². The summed E-state index contributed by atoms with van der Waals surface area (Å²) in [5.74, 6) is 1.01. The van der Waals surface area contributed by atoms with Crippen LogP contribution in [0, 0.1) is 0 Å². The highest BCUT2D eigenvalue weighted by Crippen LogP contribution is 2.57. The molecular weight excluding hydrogens is 484 g/mol. The molecule has 1 spiro atoms. The van der Waals surface area contributed by atoms with Crippen LogP contribution in [-0.2, 0) is 10.3 Å². The fraction of sp³-hybridized carbons (Fsp3) is 0.194. The Hall–Kier alpha value is -3.96. The highest BCUT2D eigenvalue weighted by atomic mass is 35.5. The first-order valence-corrected chi connectivity index (χ1v) is 12.9. The van der Waals surface area contributed by atoms with Gasteiger partial charge in [0.1, 0.15) is 11.5 Å². The summed E-state index contributed by atoms with van der Waals surface area (Å²) in [5, 5.41) is 0.653. The molecule has 4 aromatic carbocycles. The zero-order valence-electron chi connectivity index (χ0n) is 21.0. The van der Waals surface area contributed by atoms with Gasteiger partial charge >= 0.3 is 5.97 Å². The largest absolute Gasteiger partial charge is 0.456 e. The minimum atomic E-state index is -1.12. The SMILES string of the molecule is CCN(CC)c1ccc2c(c1)Oc1ccc(N(C)c3ccccc3Cl)cc1C21OC(=O)c2ccccc21. The number of halogens is 1. The smallest absolute Gasteiger partial charge is 0.340 e. The van der Waals surface area contributed by atoms with Gasteiger partial charge in [-0.25, -0.2) is 4.79 Å². The molecule has 1 unspecified atom stereocenters. The lowest BCUT2D eigenvalue weighted by atomic mass is 9.77. The van der Waals surface area contributed by atoms with E-state index >= 15 is 0 Å². The Morgan fingerprint density at radius 2 is 1.51 bits per heavy atom. The molecule has 6 heteroatoms. The number of para-hydroxylation sites is 1. The standard InChI is InChI=1S/C31H27ClN2O3/c1-4-34(5-2)21-14-16-24-29(19-21)36-28-17-15-20(33(3)27-13-9-8-12-26(27)32)18-25(28)31(24)23-11-7-6-10-22(23)30(35)37-31/h6-19H,4-5H2,1-3H3. The molecule has 0 saturated carbocycles. The monoisotopic (exact) mass is 510 g/mol. The molecule has 0 radical (unpaired) electrons. The van der Waals surface area contributed by atoms with Gasteiger partial charge in [-0.3, -0.25) is 0 Å². The van der Waals surface area contributed by atoms with Crippen molar-refractivity contribution in [1.29, 1.82) is 0 Å². The van der Waals surface area contributed by atoms with Gasteiger partial charge < -0.3 is 19.3 Å². The van der Waals surface area contributed by atoms with Gasteiger partial charge in [-0.2, -0.15) is 0 Å². The summed E-state index contributed by atoms with van der Waals surface area (Å²) in [6.45, 7) is 6.03. The van der Waals surface area contributed by atoms with E-state index in [1.807, 2.05) is 90.8 Å². The lowest BCUT2D eigenvalue weighted by molar-refractivity contribution is 0.0224. The first-order chi connectivity index (χ1) is 18.0. The molecular formula is C31H27ClN2O3. The van der Waals surface area contributed by atoms with Crippen molar-refractivity contribution in [2.45, 2.75) is 19.4 Å². The second kappa shape index (κ2) is 8.86. The van der Waals surface area contributed by atoms with E-state index in [1.165, 1.54) is 0 Å². The van der Waals surface area contributed by atoms with Gasteiger partial charge in [0, 0.05) is 54.3 Å². The number of nitrogens with zero attached hydrogens (tertiary/aromatic N) is 2. The average Bonchev–Trinajstić information content (AvgIpc) is 3.22. The van der Waals surface area contributed by atoms with Crippen molar-refractivity contribution in [3.63, 3.8) is 0 Å². The minimum absolute atomic E-state index is 0.341. The van der Waals surface area contributed by atoms with Gasteiger partial charge in [-0.05, 0) is 62.4 Å². The Balaban J connectivity index is 1.58. The van der Waals surface area contributed by atoms with Gasteiger partial charge in [0.2, 0.25) is 0 Å². The summed E-state index contributed by atoms with van der Waals surface area (Å²) < 4.78 is 12.8. The van der Waals surface area contributed by atoms with Crippen LogP contribution in [-0.4, -0.2) is 26.1 Å². The summed E-state index contributed by atoms with van der Waals surface area (Å²) in [6.07, 6.45) is 0. The number of carbonyl (C=O) groups excluding carboxylic acids is 1. The summed E-state index contributed by atoms with van der Waals surface area (Å²) >= 11 is 6.51. The van der Waals surface area contributed by atoms with Crippen LogP contribution >= 0.6 is 11.6 Å². The summed E-state index contributed by atoms with van der Waals surface area (Å²) in [7, 11) is 1.97. The van der Waals surface area contributed by atoms with Crippen molar-refractivity contribution >= 4 is 34.6 Å². The molecule has 0 N–H and O–H groups in total. The van der Waals surface area contributed by atoms with Crippen LogP contribution in [0.15, 0.2) is 84.9 Å². The third-order valence-electron chi connectivity index (χ3n) is 7.41. The lowest BCUT2D eigenvalue weighted by Gasteiger charge is -2.38. The number of hydrogen-bond donors (Lipinski definition) is 0. The number of carbonyl (C=O) groups is 1. The normalized spacial score (nSPS) is 16.9. The maximum Gasteiger partial charge on any atom is 0.340 e. The maximum absolute atomic E-state index is 13.2. The Morgan fingerprint density at radius 1 is 0.784 bits per heavy atom. The molecule has 0 aliphatic carbocycles. The zero-order valence-corrected chi connectivity index (χ0v) is 21.8. The molecule has 4 aromatic rings. The number of hydrogen-bond acceptors (Lipinski definition) is 5. The molecule has 0 aromatic heterocycles. The molecule has 2 aliphatic heterocycles. The molecule has 186 valence electrons. The zero-order chi connectivity index (χ0) is 25.7. The van der Waals surface area contributed by atoms with Crippen LogP contribution in [0.2, 0.25) is 5.02 Å². The number of esters is 1. The summed E-state index contributed by atoms with van der Waals surface area (Å²) in [6, 6.07) is 27.5. The van der Waals surface area contributed by atoms with Crippen LogP contribution in [0.3, 0.4) is 0 Å². The second-order valence-corrected chi connectivity index (χ2v) is 9.67. The lowest BCUT2D eigenvalue weighted by Crippen LogP contribution is -2.33. The predicted octanol–water partition coefficient (Wildman–Crippen LogP) is 7.52. The number of rotatable bonds is 5. The van der Waals surface area contributed by atoms with Crippen LogP contribution in [0.5, 0.6) is 11.5 Å². The van der Waals surface area contributed by atoms with Crippen molar-refractivity contribution in [1.82, 2.24) is 0 Å². The first kappa shape index (κ1) is 23.4. The van der Waals surface area contributed by atoms with Gasteiger partial charge in [-0.15, -0.1) is 0 Å². The maximum atomic E-state index is 13.2. The van der Waals surface area contributed by atoms with E-state index in [2.05, 4.69) is 24.8 Å². The van der Waals surface area contributed by atoms with Crippen molar-refractivity contribution < 1.29 is 14.3 Å². The van der Waals surface area contributed by atoms with Crippen molar-refractivity contribution in [2.75, 3.05) is 29.9 Å². The first-order valence-electron chi connectivity index (χ1n) is 12.5. The van der Waals surface area contributed by atoms with Crippen LogP contribution < -0.4 is 14.5 Å². The van der Waals surface area contributed by atoms with Gasteiger partial charge in [-0.1, -0.05) is 41.9 Å². The highest BCUT2D eigenvalue weighted by molar-refractivity contribution is 6.33. The third-order valence-corrected chi connectivity index (χ3v) is 7.73. The third kappa shape index (κ3) is 3.49. The van der Waals surface area contributed by atoms with E-state index in [4.69, 9.17) is 21.1 Å². The van der Waals surface area contributed by atoms with Crippen LogP contribution in [0.4, 0.5) is 17.1 Å². The van der Waals surface area contributed by atoms with Crippen LogP contribution in [0.1, 0.15) is 40.9 Å². The number of benzene rings is 4. The van der Waals surface area contributed by atoms with Gasteiger partial charge in [0.25, 0.3) is 0 Å².